The van der Waals surface area contributed by atoms with Gasteiger partial charge in [0.1, 0.15) is 6.54 Å². The highest BCUT2D eigenvalue weighted by molar-refractivity contribution is 5.96. The number of hydrogen-bond donors (Lipinski definition) is 0. The molecular weight excluding hydrogens is 346 g/mol. The molecule has 3 aromatic carbocycles. The van der Waals surface area contributed by atoms with Crippen molar-refractivity contribution in [3.8, 4) is 11.1 Å². The fourth-order valence-corrected chi connectivity index (χ4v) is 4.01. The van der Waals surface area contributed by atoms with E-state index in [0.717, 1.165) is 24.1 Å². The largest absolute Gasteiger partial charge is 0.336 e. The van der Waals surface area contributed by atoms with Crippen molar-refractivity contribution in [1.82, 2.24) is 14.7 Å². The zero-order chi connectivity index (χ0) is 18.9. The molecule has 0 spiro atoms. The second-order valence-electron chi connectivity index (χ2n) is 7.29. The Bertz CT molecular complexity index is 1160. The first-order valence-electron chi connectivity index (χ1n) is 9.63. The van der Waals surface area contributed by atoms with Crippen LogP contribution >= 0.6 is 0 Å². The molecule has 0 saturated carbocycles. The van der Waals surface area contributed by atoms with Crippen molar-refractivity contribution in [2.75, 3.05) is 6.54 Å². The highest BCUT2D eigenvalue weighted by atomic mass is 16.2. The zero-order valence-electron chi connectivity index (χ0n) is 15.6. The van der Waals surface area contributed by atoms with Crippen molar-refractivity contribution in [2.45, 2.75) is 19.5 Å². The molecule has 4 heteroatoms. The first kappa shape index (κ1) is 16.8. The third-order valence-corrected chi connectivity index (χ3v) is 5.51. The van der Waals surface area contributed by atoms with Gasteiger partial charge in [-0.05, 0) is 33.9 Å². The van der Waals surface area contributed by atoms with Crippen LogP contribution in [-0.2, 0) is 24.3 Å². The van der Waals surface area contributed by atoms with Crippen LogP contribution in [0.2, 0.25) is 0 Å². The molecule has 1 aromatic heterocycles. The van der Waals surface area contributed by atoms with E-state index in [2.05, 4.69) is 53.6 Å². The van der Waals surface area contributed by atoms with Gasteiger partial charge in [0.05, 0.1) is 6.20 Å². The molecule has 1 aliphatic heterocycles. The molecule has 0 bridgehead atoms. The van der Waals surface area contributed by atoms with E-state index in [1.807, 2.05) is 35.5 Å². The van der Waals surface area contributed by atoms with Gasteiger partial charge >= 0.3 is 0 Å². The number of fused-ring (bicyclic) bond motifs is 2. The van der Waals surface area contributed by atoms with Crippen molar-refractivity contribution in [3.05, 3.63) is 90.3 Å². The van der Waals surface area contributed by atoms with E-state index < -0.39 is 0 Å². The Balaban J connectivity index is 1.35. The molecule has 0 fully saturated rings. The Morgan fingerprint density at radius 3 is 2.64 bits per heavy atom. The van der Waals surface area contributed by atoms with Crippen LogP contribution in [0, 0.1) is 0 Å². The van der Waals surface area contributed by atoms with E-state index in [-0.39, 0.29) is 12.5 Å². The summed E-state index contributed by atoms with van der Waals surface area (Å²) in [7, 11) is 0. The second kappa shape index (κ2) is 6.97. The van der Waals surface area contributed by atoms with Crippen molar-refractivity contribution in [3.63, 3.8) is 0 Å². The number of carbonyl (C=O) groups excluding carboxylic acids is 1. The van der Waals surface area contributed by atoms with E-state index in [9.17, 15) is 4.79 Å². The van der Waals surface area contributed by atoms with Gasteiger partial charge in [0, 0.05) is 24.8 Å². The highest BCUT2D eigenvalue weighted by Gasteiger charge is 2.20. The first-order valence-corrected chi connectivity index (χ1v) is 9.63. The van der Waals surface area contributed by atoms with Crippen molar-refractivity contribution in [2.24, 2.45) is 0 Å². The fraction of sp³-hybridized carbons (Fsp3) is 0.167. The quantitative estimate of drug-likeness (QED) is 0.542. The topological polar surface area (TPSA) is 38.1 Å². The van der Waals surface area contributed by atoms with E-state index in [0.29, 0.717) is 6.54 Å². The van der Waals surface area contributed by atoms with Crippen molar-refractivity contribution < 1.29 is 4.79 Å². The molecule has 0 unspecified atom stereocenters. The van der Waals surface area contributed by atoms with Gasteiger partial charge in [-0.15, -0.1) is 0 Å². The van der Waals surface area contributed by atoms with E-state index in [4.69, 9.17) is 0 Å². The lowest BCUT2D eigenvalue weighted by atomic mass is 10.00. The SMILES string of the molecule is O=C(Cn1cc(-c2cccc3ccccc23)cn1)N1CCc2ccccc2C1. The minimum atomic E-state index is 0.113. The minimum absolute atomic E-state index is 0.113. The van der Waals surface area contributed by atoms with Crippen LogP contribution in [-0.4, -0.2) is 27.1 Å². The summed E-state index contributed by atoms with van der Waals surface area (Å²) in [6.45, 7) is 1.73. The maximum absolute atomic E-state index is 12.8. The van der Waals surface area contributed by atoms with Crippen LogP contribution in [0.15, 0.2) is 79.1 Å². The Morgan fingerprint density at radius 2 is 1.71 bits per heavy atom. The lowest BCUT2D eigenvalue weighted by Crippen LogP contribution is -2.38. The van der Waals surface area contributed by atoms with Crippen molar-refractivity contribution in [1.29, 1.82) is 0 Å². The maximum Gasteiger partial charge on any atom is 0.244 e. The summed E-state index contributed by atoms with van der Waals surface area (Å²) in [4.78, 5) is 14.7. The smallest absolute Gasteiger partial charge is 0.244 e. The molecule has 28 heavy (non-hydrogen) atoms. The molecule has 0 N–H and O–H groups in total. The number of hydrogen-bond acceptors (Lipinski definition) is 2. The molecule has 0 saturated heterocycles. The number of benzene rings is 3. The van der Waals surface area contributed by atoms with Gasteiger partial charge in [0.25, 0.3) is 0 Å². The van der Waals surface area contributed by atoms with Crippen LogP contribution in [0.1, 0.15) is 11.1 Å². The standard InChI is InChI=1S/C24H21N3O/c28-24(26-13-12-18-6-1-2-8-20(18)15-26)17-27-16-21(14-25-27)23-11-5-9-19-7-3-4-10-22(19)23/h1-11,14,16H,12-13,15,17H2. The molecule has 0 aliphatic carbocycles. The van der Waals surface area contributed by atoms with Crippen LogP contribution < -0.4 is 0 Å². The van der Waals surface area contributed by atoms with E-state index in [1.54, 1.807) is 4.68 Å². The molecule has 5 rings (SSSR count). The van der Waals surface area contributed by atoms with E-state index >= 15 is 0 Å². The second-order valence-corrected chi connectivity index (χ2v) is 7.29. The Hall–Kier alpha value is -3.40. The number of rotatable bonds is 3. The van der Waals surface area contributed by atoms with Gasteiger partial charge in [-0.1, -0.05) is 66.7 Å². The molecular formula is C24H21N3O. The fourth-order valence-electron chi connectivity index (χ4n) is 4.01. The minimum Gasteiger partial charge on any atom is -0.336 e. The molecule has 4 nitrogen and oxygen atoms in total. The zero-order valence-corrected chi connectivity index (χ0v) is 15.6. The third kappa shape index (κ3) is 3.07. The number of amides is 1. The summed E-state index contributed by atoms with van der Waals surface area (Å²) in [6.07, 6.45) is 4.74. The summed E-state index contributed by atoms with van der Waals surface area (Å²) in [5.41, 5.74) is 4.78. The molecule has 0 atom stereocenters. The first-order chi connectivity index (χ1) is 13.8. The Kier molecular flexibility index (Phi) is 4.17. The summed E-state index contributed by atoms with van der Waals surface area (Å²) in [6, 6.07) is 23.0. The van der Waals surface area contributed by atoms with Crippen LogP contribution in [0.5, 0.6) is 0 Å². The lowest BCUT2D eigenvalue weighted by Gasteiger charge is -2.28. The maximum atomic E-state index is 12.8. The highest BCUT2D eigenvalue weighted by Crippen LogP contribution is 2.28. The average molecular weight is 367 g/mol. The summed E-state index contributed by atoms with van der Waals surface area (Å²) < 4.78 is 1.75. The predicted octanol–water partition coefficient (Wildman–Crippen LogP) is 4.29. The third-order valence-electron chi connectivity index (χ3n) is 5.51. The van der Waals surface area contributed by atoms with Gasteiger partial charge < -0.3 is 4.90 Å². The van der Waals surface area contributed by atoms with Crippen LogP contribution in [0.4, 0.5) is 0 Å². The molecule has 1 aliphatic rings. The average Bonchev–Trinajstić information content (AvgIpc) is 3.21. The van der Waals surface area contributed by atoms with E-state index in [1.165, 1.54) is 21.9 Å². The monoisotopic (exact) mass is 367 g/mol. The summed E-state index contributed by atoms with van der Waals surface area (Å²) in [5, 5.41) is 6.85. The molecule has 1 amide bonds. The summed E-state index contributed by atoms with van der Waals surface area (Å²) in [5.74, 6) is 0.113. The lowest BCUT2D eigenvalue weighted by molar-refractivity contribution is -0.132. The van der Waals surface area contributed by atoms with Crippen molar-refractivity contribution >= 4 is 16.7 Å². The van der Waals surface area contributed by atoms with Gasteiger partial charge in [-0.25, -0.2) is 0 Å². The summed E-state index contributed by atoms with van der Waals surface area (Å²) >= 11 is 0. The number of carbonyl (C=O) groups is 1. The number of nitrogens with zero attached hydrogens (tertiary/aromatic N) is 3. The molecule has 138 valence electrons. The van der Waals surface area contributed by atoms with Crippen LogP contribution in [0.3, 0.4) is 0 Å². The Morgan fingerprint density at radius 1 is 0.929 bits per heavy atom. The molecule has 2 heterocycles. The molecule has 4 aromatic rings. The molecule has 0 radical (unpaired) electrons. The van der Waals surface area contributed by atoms with Gasteiger partial charge in [0.2, 0.25) is 5.91 Å². The van der Waals surface area contributed by atoms with Gasteiger partial charge in [0.15, 0.2) is 0 Å². The predicted molar refractivity (Wildman–Crippen MR) is 111 cm³/mol. The Labute approximate surface area is 164 Å². The van der Waals surface area contributed by atoms with Crippen LogP contribution in [0.25, 0.3) is 21.9 Å². The van der Waals surface area contributed by atoms with Gasteiger partial charge in [-0.2, -0.15) is 5.10 Å². The van der Waals surface area contributed by atoms with Gasteiger partial charge in [-0.3, -0.25) is 9.48 Å². The normalized spacial score (nSPS) is 13.5. The number of aromatic nitrogens is 2.